The Kier molecular flexibility index (Phi) is 7.75. The molecule has 5 unspecified atom stereocenters. The zero-order chi connectivity index (χ0) is 33.7. The van der Waals surface area contributed by atoms with E-state index in [4.69, 9.17) is 4.74 Å². The summed E-state index contributed by atoms with van der Waals surface area (Å²) in [5.41, 5.74) is 9.43. The monoisotopic (exact) mass is 679 g/mol. The number of anilines is 1. The maximum atomic E-state index is 6.44. The molecule has 4 aromatic rings. The Labute approximate surface area is 304 Å². The normalized spacial score (nSPS) is 26.2. The third-order valence-corrected chi connectivity index (χ3v) is 12.8. The number of ether oxygens (including phenoxy) is 1. The fraction of sp³-hybridized carbons (Fsp3) is 0.208. The molecule has 3 heteroatoms. The Bertz CT molecular complexity index is 2350. The Morgan fingerprint density at radius 3 is 2.35 bits per heavy atom. The van der Waals surface area contributed by atoms with Gasteiger partial charge in [-0.25, -0.2) is 0 Å². The smallest absolute Gasteiger partial charge is 0.128 e. The van der Waals surface area contributed by atoms with Crippen molar-refractivity contribution in [3.05, 3.63) is 186 Å². The second-order valence-corrected chi connectivity index (χ2v) is 15.5. The van der Waals surface area contributed by atoms with E-state index in [1.165, 1.54) is 59.4 Å². The van der Waals surface area contributed by atoms with Crippen molar-refractivity contribution in [2.24, 2.45) is 17.8 Å². The summed E-state index contributed by atoms with van der Waals surface area (Å²) >= 11 is 1.94. The highest BCUT2D eigenvalue weighted by Crippen LogP contribution is 2.47. The summed E-state index contributed by atoms with van der Waals surface area (Å²) in [5, 5.41) is 2.67. The largest absolute Gasteiger partial charge is 0.485 e. The molecule has 0 saturated carbocycles. The zero-order valence-corrected chi connectivity index (χ0v) is 29.5. The lowest BCUT2D eigenvalue weighted by atomic mass is 9.81. The summed E-state index contributed by atoms with van der Waals surface area (Å²) in [7, 11) is 0. The van der Waals surface area contributed by atoms with E-state index in [1.807, 2.05) is 11.3 Å². The van der Waals surface area contributed by atoms with Gasteiger partial charge in [-0.15, -0.1) is 11.3 Å². The van der Waals surface area contributed by atoms with Gasteiger partial charge in [0.25, 0.3) is 0 Å². The quantitative estimate of drug-likeness (QED) is 0.201. The standard InChI is InChI=1S/C48H41NOS/c1-3-11-32(12-4-1)33-21-26-37(27-22-33)49(38-28-23-34(24-29-38)36-25-30-41-40-15-7-8-20-45(40)50-46(41)31-36)44-19-10-18-43-42-17-9-16-39(47(42)51-48(43)44)35-13-5-2-6-14-35/h1-6,8-11,13-14,16-23,25-26,28-32,34,37,41,46H,7,12,15,24,27H2. The van der Waals surface area contributed by atoms with Crippen LogP contribution in [0.25, 0.3) is 31.3 Å². The van der Waals surface area contributed by atoms with Gasteiger partial charge in [-0.05, 0) is 84.2 Å². The predicted molar refractivity (Wildman–Crippen MR) is 216 cm³/mol. The van der Waals surface area contributed by atoms with E-state index >= 15 is 0 Å². The Morgan fingerprint density at radius 1 is 0.667 bits per heavy atom. The molecule has 1 aliphatic heterocycles. The van der Waals surface area contributed by atoms with Gasteiger partial charge >= 0.3 is 0 Å². The first-order valence-electron chi connectivity index (χ1n) is 18.6. The molecule has 250 valence electrons. The number of benzene rings is 3. The lowest BCUT2D eigenvalue weighted by molar-refractivity contribution is 0.172. The van der Waals surface area contributed by atoms with Crippen molar-refractivity contribution in [2.75, 3.05) is 4.90 Å². The van der Waals surface area contributed by atoms with Crippen LogP contribution in [0, 0.1) is 17.8 Å². The molecular formula is C48H41NOS. The van der Waals surface area contributed by atoms with Gasteiger partial charge in [-0.1, -0.05) is 134 Å². The average molecular weight is 680 g/mol. The molecule has 0 bridgehead atoms. The van der Waals surface area contributed by atoms with Crippen LogP contribution >= 0.6 is 11.3 Å². The topological polar surface area (TPSA) is 12.5 Å². The van der Waals surface area contributed by atoms with Crippen molar-refractivity contribution in [3.8, 4) is 11.1 Å². The van der Waals surface area contributed by atoms with Crippen LogP contribution in [0.15, 0.2) is 186 Å². The van der Waals surface area contributed by atoms with Gasteiger partial charge < -0.3 is 9.64 Å². The molecule has 1 aromatic heterocycles. The van der Waals surface area contributed by atoms with Crippen LogP contribution < -0.4 is 4.90 Å². The molecule has 0 amide bonds. The van der Waals surface area contributed by atoms with Crippen molar-refractivity contribution >= 4 is 37.2 Å². The molecule has 51 heavy (non-hydrogen) atoms. The lowest BCUT2D eigenvalue weighted by Crippen LogP contribution is -2.34. The van der Waals surface area contributed by atoms with Crippen molar-refractivity contribution in [1.29, 1.82) is 0 Å². The molecule has 5 atom stereocenters. The van der Waals surface area contributed by atoms with Crippen LogP contribution in [0.1, 0.15) is 32.1 Å². The number of allylic oxidation sites excluding steroid dienone is 13. The van der Waals surface area contributed by atoms with E-state index in [0.29, 0.717) is 17.8 Å². The van der Waals surface area contributed by atoms with Gasteiger partial charge in [-0.3, -0.25) is 0 Å². The second-order valence-electron chi connectivity index (χ2n) is 14.5. The van der Waals surface area contributed by atoms with Crippen LogP contribution in [-0.4, -0.2) is 12.1 Å². The maximum absolute atomic E-state index is 6.44. The highest BCUT2D eigenvalue weighted by atomic mass is 32.1. The van der Waals surface area contributed by atoms with Crippen LogP contribution in [0.3, 0.4) is 0 Å². The van der Waals surface area contributed by atoms with Gasteiger partial charge in [0, 0.05) is 38.9 Å². The van der Waals surface area contributed by atoms with Gasteiger partial charge in [0.15, 0.2) is 0 Å². The molecule has 2 nitrogen and oxygen atoms in total. The first kappa shape index (κ1) is 30.7. The van der Waals surface area contributed by atoms with E-state index in [1.54, 1.807) is 0 Å². The number of hydrogen-bond acceptors (Lipinski definition) is 3. The van der Waals surface area contributed by atoms with Crippen LogP contribution in [0.5, 0.6) is 0 Å². The highest BCUT2D eigenvalue weighted by Gasteiger charge is 2.36. The van der Waals surface area contributed by atoms with E-state index in [2.05, 4.69) is 163 Å². The molecule has 6 aliphatic rings. The van der Waals surface area contributed by atoms with Crippen molar-refractivity contribution in [3.63, 3.8) is 0 Å². The minimum Gasteiger partial charge on any atom is -0.485 e. The average Bonchev–Trinajstić information content (AvgIpc) is 3.78. The molecule has 0 radical (unpaired) electrons. The molecular weight excluding hydrogens is 639 g/mol. The fourth-order valence-electron chi connectivity index (χ4n) is 8.90. The van der Waals surface area contributed by atoms with Crippen LogP contribution in [-0.2, 0) is 4.74 Å². The van der Waals surface area contributed by atoms with Crippen LogP contribution in [0.4, 0.5) is 5.69 Å². The SMILES string of the molecule is C1=CCC(C2=CCC(N(C3=CCC(C4=CC5OC6=C(CCC=C6)C5C=C4)C=C3)c3cccc4c3sc3c(-c5ccccc5)cccc34)C=C2)C=C1. The predicted octanol–water partition coefficient (Wildman–Crippen LogP) is 12.5. The van der Waals surface area contributed by atoms with E-state index in [9.17, 15) is 0 Å². The first-order valence-corrected chi connectivity index (χ1v) is 19.5. The third-order valence-electron chi connectivity index (χ3n) is 11.5. The van der Waals surface area contributed by atoms with Gasteiger partial charge in [0.1, 0.15) is 11.9 Å². The zero-order valence-electron chi connectivity index (χ0n) is 28.7. The summed E-state index contributed by atoms with van der Waals surface area (Å²) in [6.45, 7) is 0. The number of rotatable bonds is 6. The number of thiophene rings is 1. The van der Waals surface area contributed by atoms with Crippen LogP contribution in [0.2, 0.25) is 0 Å². The first-order chi connectivity index (χ1) is 25.3. The molecule has 3 aromatic carbocycles. The minimum absolute atomic E-state index is 0.127. The Morgan fingerprint density at radius 2 is 1.53 bits per heavy atom. The van der Waals surface area contributed by atoms with Gasteiger partial charge in [0.2, 0.25) is 0 Å². The molecule has 2 heterocycles. The van der Waals surface area contributed by atoms with E-state index in [0.717, 1.165) is 37.9 Å². The summed E-state index contributed by atoms with van der Waals surface area (Å²) < 4.78 is 9.14. The highest BCUT2D eigenvalue weighted by molar-refractivity contribution is 7.27. The molecule has 0 N–H and O–H groups in total. The molecule has 0 saturated heterocycles. The summed E-state index contributed by atoms with van der Waals surface area (Å²) in [6, 6.07) is 24.8. The number of nitrogens with zero attached hydrogens (tertiary/aromatic N) is 1. The summed E-state index contributed by atoms with van der Waals surface area (Å²) in [4.78, 5) is 2.62. The van der Waals surface area contributed by atoms with Gasteiger partial charge in [-0.2, -0.15) is 0 Å². The molecule has 0 fully saturated rings. The lowest BCUT2D eigenvalue weighted by Gasteiger charge is -2.36. The number of fused-ring (bicyclic) bond motifs is 5. The molecule has 10 rings (SSSR count). The number of hydrogen-bond donors (Lipinski definition) is 0. The Balaban J connectivity index is 1.00. The van der Waals surface area contributed by atoms with E-state index < -0.39 is 0 Å². The summed E-state index contributed by atoms with van der Waals surface area (Å²) in [5.74, 6) is 2.31. The van der Waals surface area contributed by atoms with Crippen molar-refractivity contribution in [2.45, 2.75) is 44.2 Å². The van der Waals surface area contributed by atoms with Crippen molar-refractivity contribution < 1.29 is 4.74 Å². The molecule has 5 aliphatic carbocycles. The van der Waals surface area contributed by atoms with Crippen molar-refractivity contribution in [1.82, 2.24) is 0 Å². The Hall–Kier alpha value is -5.12. The molecule has 0 spiro atoms. The maximum Gasteiger partial charge on any atom is 0.128 e. The van der Waals surface area contributed by atoms with E-state index in [-0.39, 0.29) is 12.1 Å². The van der Waals surface area contributed by atoms with Gasteiger partial charge in [0.05, 0.1) is 16.4 Å². The second kappa shape index (κ2) is 12.9. The minimum atomic E-state index is 0.127. The summed E-state index contributed by atoms with van der Waals surface area (Å²) in [6.07, 6.45) is 40.6. The fourth-order valence-corrected chi connectivity index (χ4v) is 10.2. The third kappa shape index (κ3) is 5.47.